The van der Waals surface area contributed by atoms with Gasteiger partial charge in [-0.25, -0.2) is 12.8 Å². The maximum Gasteiger partial charge on any atom is 0.251 e. The summed E-state index contributed by atoms with van der Waals surface area (Å²) in [7, 11) is -2.25. The summed E-state index contributed by atoms with van der Waals surface area (Å²) in [4.78, 5) is 13.1. The molecule has 3 rings (SSSR count). The number of ether oxygens (including phenoxy) is 1. The lowest BCUT2D eigenvalue weighted by atomic mass is 10.2. The first kappa shape index (κ1) is 20.0. The molecule has 3 aromatic rings. The van der Waals surface area contributed by atoms with Gasteiger partial charge in [-0.1, -0.05) is 6.07 Å². The van der Waals surface area contributed by atoms with E-state index < -0.39 is 26.8 Å². The Kier molecular flexibility index (Phi) is 6.11. The van der Waals surface area contributed by atoms with E-state index in [1.54, 1.807) is 29.6 Å². The number of benzene rings is 2. The Morgan fingerprint density at radius 3 is 2.36 bits per heavy atom. The van der Waals surface area contributed by atoms with E-state index in [4.69, 9.17) is 4.74 Å². The summed E-state index contributed by atoms with van der Waals surface area (Å²) < 4.78 is 44.5. The number of rotatable bonds is 7. The largest absolute Gasteiger partial charge is 0.497 e. The number of thiophene rings is 1. The van der Waals surface area contributed by atoms with Crippen LogP contribution in [-0.4, -0.2) is 28.0 Å². The summed E-state index contributed by atoms with van der Waals surface area (Å²) in [5, 5.41) is 3.49. The molecule has 5 nitrogen and oxygen atoms in total. The molecule has 0 aliphatic heterocycles. The normalized spacial score (nSPS) is 12.4. The first-order valence-corrected chi connectivity index (χ1v) is 10.8. The Morgan fingerprint density at radius 2 is 1.79 bits per heavy atom. The first-order chi connectivity index (χ1) is 13.4. The minimum atomic E-state index is -3.75. The molecular weight excluding hydrogens is 401 g/mol. The lowest BCUT2D eigenvalue weighted by Crippen LogP contribution is -2.31. The lowest BCUT2D eigenvalue weighted by Gasteiger charge is -2.18. The smallest absolute Gasteiger partial charge is 0.251 e. The molecule has 1 N–H and O–H groups in total. The average molecular weight is 419 g/mol. The van der Waals surface area contributed by atoms with Gasteiger partial charge in [0.05, 0.1) is 12.0 Å². The minimum Gasteiger partial charge on any atom is -0.497 e. The van der Waals surface area contributed by atoms with Crippen LogP contribution in [-0.2, 0) is 9.84 Å². The van der Waals surface area contributed by atoms with Crippen molar-refractivity contribution in [3.8, 4) is 5.75 Å². The zero-order valence-electron chi connectivity index (χ0n) is 15.0. The number of hydrogen-bond acceptors (Lipinski definition) is 5. The minimum absolute atomic E-state index is 0.106. The van der Waals surface area contributed by atoms with Crippen LogP contribution in [0.4, 0.5) is 4.39 Å². The fraction of sp³-hybridized carbons (Fsp3) is 0.150. The molecule has 0 saturated heterocycles. The summed E-state index contributed by atoms with van der Waals surface area (Å²) in [5.41, 5.74) is 0.258. The highest BCUT2D eigenvalue weighted by Crippen LogP contribution is 2.32. The summed E-state index contributed by atoms with van der Waals surface area (Å²) in [6, 6.07) is 14.7. The fourth-order valence-electron chi connectivity index (χ4n) is 2.66. The van der Waals surface area contributed by atoms with E-state index in [0.717, 1.165) is 0 Å². The van der Waals surface area contributed by atoms with E-state index in [1.165, 1.54) is 54.8 Å². The van der Waals surface area contributed by atoms with Gasteiger partial charge in [0.25, 0.3) is 5.91 Å². The van der Waals surface area contributed by atoms with Gasteiger partial charge in [0, 0.05) is 17.0 Å². The number of carbonyl (C=O) groups excluding carboxylic acids is 1. The molecule has 2 aromatic carbocycles. The van der Waals surface area contributed by atoms with Crippen molar-refractivity contribution in [2.45, 2.75) is 10.1 Å². The van der Waals surface area contributed by atoms with Crippen molar-refractivity contribution >= 4 is 27.1 Å². The predicted octanol–water partition coefficient (Wildman–Crippen LogP) is 3.84. The van der Waals surface area contributed by atoms with Crippen LogP contribution >= 0.6 is 11.3 Å². The number of nitrogens with one attached hydrogen (secondary N) is 1. The zero-order chi connectivity index (χ0) is 20.1. The zero-order valence-corrected chi connectivity index (χ0v) is 16.6. The summed E-state index contributed by atoms with van der Waals surface area (Å²) in [5.74, 6) is -0.363. The SMILES string of the molecule is COc1ccc(S(=O)(=O)[C@H](CNC(=O)c2ccc(F)cc2)c2cccs2)cc1. The van der Waals surface area contributed by atoms with E-state index >= 15 is 0 Å². The van der Waals surface area contributed by atoms with Crippen LogP contribution < -0.4 is 10.1 Å². The van der Waals surface area contributed by atoms with Crippen molar-refractivity contribution in [2.75, 3.05) is 13.7 Å². The van der Waals surface area contributed by atoms with Gasteiger partial charge in [-0.2, -0.15) is 0 Å². The number of carbonyl (C=O) groups is 1. The van der Waals surface area contributed by atoms with Crippen LogP contribution in [0.5, 0.6) is 5.75 Å². The quantitative estimate of drug-likeness (QED) is 0.632. The topological polar surface area (TPSA) is 72.5 Å². The van der Waals surface area contributed by atoms with Crippen LogP contribution in [0.2, 0.25) is 0 Å². The molecule has 0 aliphatic carbocycles. The molecule has 0 spiro atoms. The molecule has 0 saturated carbocycles. The molecule has 0 radical (unpaired) electrons. The van der Waals surface area contributed by atoms with E-state index in [2.05, 4.69) is 5.32 Å². The highest BCUT2D eigenvalue weighted by atomic mass is 32.2. The van der Waals surface area contributed by atoms with Gasteiger partial charge >= 0.3 is 0 Å². The Hall–Kier alpha value is -2.71. The number of sulfone groups is 1. The maximum absolute atomic E-state index is 13.2. The Balaban J connectivity index is 1.85. The van der Waals surface area contributed by atoms with Gasteiger partial charge in [0.1, 0.15) is 16.8 Å². The molecule has 0 bridgehead atoms. The van der Waals surface area contributed by atoms with E-state index in [9.17, 15) is 17.6 Å². The van der Waals surface area contributed by atoms with Crippen LogP contribution in [0.15, 0.2) is 70.9 Å². The molecule has 1 heterocycles. The fourth-order valence-corrected chi connectivity index (χ4v) is 5.44. The number of hydrogen-bond donors (Lipinski definition) is 1. The number of methoxy groups -OCH3 is 1. The molecule has 0 aliphatic rings. The Morgan fingerprint density at radius 1 is 1.11 bits per heavy atom. The molecule has 1 aromatic heterocycles. The third-order valence-electron chi connectivity index (χ3n) is 4.18. The second kappa shape index (κ2) is 8.53. The van der Waals surface area contributed by atoms with Crippen molar-refractivity contribution in [3.05, 3.63) is 82.3 Å². The Bertz CT molecular complexity index is 1030. The highest BCUT2D eigenvalue weighted by Gasteiger charge is 2.30. The van der Waals surface area contributed by atoms with Crippen molar-refractivity contribution in [1.82, 2.24) is 5.32 Å². The summed E-state index contributed by atoms with van der Waals surface area (Å²) >= 11 is 1.30. The summed E-state index contributed by atoms with van der Waals surface area (Å²) in [6.07, 6.45) is 0. The van der Waals surface area contributed by atoms with Crippen molar-refractivity contribution in [1.29, 1.82) is 0 Å². The van der Waals surface area contributed by atoms with Crippen LogP contribution in [0.25, 0.3) is 0 Å². The second-order valence-corrected chi connectivity index (χ2v) is 9.05. The van der Waals surface area contributed by atoms with Gasteiger partial charge < -0.3 is 10.1 Å². The molecular formula is C20H18FNO4S2. The highest BCUT2D eigenvalue weighted by molar-refractivity contribution is 7.91. The number of amides is 1. The van der Waals surface area contributed by atoms with E-state index in [-0.39, 0.29) is 17.0 Å². The van der Waals surface area contributed by atoms with Crippen LogP contribution in [0.3, 0.4) is 0 Å². The van der Waals surface area contributed by atoms with Gasteiger partial charge in [0.15, 0.2) is 9.84 Å². The standard InChI is InChI=1S/C20H18FNO4S2/c1-26-16-8-10-17(11-9-16)28(24,25)19(18-3-2-12-27-18)13-22-20(23)14-4-6-15(21)7-5-14/h2-12,19H,13H2,1H3,(H,22,23)/t19-/m1/s1. The average Bonchev–Trinajstić information content (AvgIpc) is 3.22. The van der Waals surface area contributed by atoms with Gasteiger partial charge in [-0.3, -0.25) is 4.79 Å². The third-order valence-corrected chi connectivity index (χ3v) is 7.41. The van der Waals surface area contributed by atoms with Gasteiger partial charge in [-0.15, -0.1) is 11.3 Å². The maximum atomic E-state index is 13.2. The van der Waals surface area contributed by atoms with E-state index in [0.29, 0.717) is 10.6 Å². The predicted molar refractivity (Wildman–Crippen MR) is 106 cm³/mol. The van der Waals surface area contributed by atoms with E-state index in [1.807, 2.05) is 0 Å². The number of halogens is 1. The summed E-state index contributed by atoms with van der Waals surface area (Å²) in [6.45, 7) is -0.106. The monoisotopic (exact) mass is 419 g/mol. The van der Waals surface area contributed by atoms with Crippen molar-refractivity contribution in [3.63, 3.8) is 0 Å². The second-order valence-electron chi connectivity index (χ2n) is 5.94. The molecule has 28 heavy (non-hydrogen) atoms. The van der Waals surface area contributed by atoms with Gasteiger partial charge in [0.2, 0.25) is 0 Å². The Labute approximate surface area is 166 Å². The molecule has 8 heteroatoms. The van der Waals surface area contributed by atoms with Crippen molar-refractivity contribution < 1.29 is 22.3 Å². The van der Waals surface area contributed by atoms with Crippen LogP contribution in [0, 0.1) is 5.82 Å². The lowest BCUT2D eigenvalue weighted by molar-refractivity contribution is 0.0953. The molecule has 1 amide bonds. The van der Waals surface area contributed by atoms with Crippen LogP contribution in [0.1, 0.15) is 20.5 Å². The molecule has 146 valence electrons. The molecule has 0 fully saturated rings. The molecule has 1 atom stereocenters. The first-order valence-electron chi connectivity index (χ1n) is 8.37. The third kappa shape index (κ3) is 4.40. The molecule has 0 unspecified atom stereocenters. The van der Waals surface area contributed by atoms with Gasteiger partial charge in [-0.05, 0) is 60.0 Å². The van der Waals surface area contributed by atoms with Crippen molar-refractivity contribution in [2.24, 2.45) is 0 Å².